The highest BCUT2D eigenvalue weighted by molar-refractivity contribution is 6.07. The van der Waals surface area contributed by atoms with Gasteiger partial charge in [0.05, 0.1) is 5.69 Å². The molecule has 0 saturated carbocycles. The van der Waals surface area contributed by atoms with Gasteiger partial charge >= 0.3 is 0 Å². The molecule has 0 radical (unpaired) electrons. The van der Waals surface area contributed by atoms with Crippen molar-refractivity contribution in [1.29, 1.82) is 0 Å². The summed E-state index contributed by atoms with van der Waals surface area (Å²) in [5, 5.41) is 4.07. The van der Waals surface area contributed by atoms with Crippen molar-refractivity contribution < 1.29 is 4.79 Å². The molecule has 4 heteroatoms. The minimum Gasteiger partial charge on any atom is -0.289 e. The summed E-state index contributed by atoms with van der Waals surface area (Å²) in [6, 6.07) is 13.3. The third-order valence-corrected chi connectivity index (χ3v) is 3.43. The van der Waals surface area contributed by atoms with Crippen LogP contribution in [0.4, 0.5) is 0 Å². The Bertz CT molecular complexity index is 819. The van der Waals surface area contributed by atoms with Gasteiger partial charge in [0.15, 0.2) is 5.78 Å². The summed E-state index contributed by atoms with van der Waals surface area (Å²) in [6.45, 7) is 0. The van der Waals surface area contributed by atoms with Crippen LogP contribution in [0.1, 0.15) is 16.1 Å². The maximum Gasteiger partial charge on any atom is 0.185 e. The molecule has 3 aromatic rings. The standard InChI is InChI=1S/C18H15N3O/c1-21-17(9-12-20-21)5-6-18(22)16-4-2-3-15(13-16)14-7-10-19-11-8-14/h2-13H,1H3. The summed E-state index contributed by atoms with van der Waals surface area (Å²) in [5.74, 6) is -0.0305. The van der Waals surface area contributed by atoms with Crippen LogP contribution in [0.5, 0.6) is 0 Å². The van der Waals surface area contributed by atoms with Gasteiger partial charge in [-0.1, -0.05) is 18.2 Å². The molecule has 0 N–H and O–H groups in total. The first-order chi connectivity index (χ1) is 10.7. The molecule has 0 saturated heterocycles. The number of aromatic nitrogens is 3. The average Bonchev–Trinajstić information content (AvgIpc) is 2.99. The van der Waals surface area contributed by atoms with Crippen molar-refractivity contribution in [2.75, 3.05) is 0 Å². The van der Waals surface area contributed by atoms with E-state index in [1.807, 2.05) is 49.5 Å². The van der Waals surface area contributed by atoms with Gasteiger partial charge in [-0.15, -0.1) is 0 Å². The minimum atomic E-state index is -0.0305. The number of pyridine rings is 1. The first-order valence-electron chi connectivity index (χ1n) is 6.95. The minimum absolute atomic E-state index is 0.0305. The zero-order valence-corrected chi connectivity index (χ0v) is 12.2. The van der Waals surface area contributed by atoms with Crippen LogP contribution < -0.4 is 0 Å². The normalized spacial score (nSPS) is 11.0. The molecule has 108 valence electrons. The maximum atomic E-state index is 12.3. The summed E-state index contributed by atoms with van der Waals surface area (Å²) in [5.41, 5.74) is 3.59. The van der Waals surface area contributed by atoms with Crippen LogP contribution in [-0.2, 0) is 7.05 Å². The monoisotopic (exact) mass is 289 g/mol. The molecule has 0 bridgehead atoms. The van der Waals surface area contributed by atoms with Gasteiger partial charge in [0.2, 0.25) is 0 Å². The van der Waals surface area contributed by atoms with Crippen molar-refractivity contribution in [3.8, 4) is 11.1 Å². The second-order valence-corrected chi connectivity index (χ2v) is 4.89. The molecular weight excluding hydrogens is 274 g/mol. The van der Waals surface area contributed by atoms with E-state index in [4.69, 9.17) is 0 Å². The number of hydrogen-bond acceptors (Lipinski definition) is 3. The highest BCUT2D eigenvalue weighted by Crippen LogP contribution is 2.20. The van der Waals surface area contributed by atoms with E-state index in [-0.39, 0.29) is 5.78 Å². The fraction of sp³-hybridized carbons (Fsp3) is 0.0556. The lowest BCUT2D eigenvalue weighted by Crippen LogP contribution is -1.96. The van der Waals surface area contributed by atoms with Crippen LogP contribution in [0.15, 0.2) is 67.1 Å². The predicted molar refractivity (Wildman–Crippen MR) is 86.2 cm³/mol. The van der Waals surface area contributed by atoms with Gasteiger partial charge in [0, 0.05) is 31.2 Å². The van der Waals surface area contributed by atoms with E-state index < -0.39 is 0 Å². The lowest BCUT2D eigenvalue weighted by atomic mass is 10.0. The third-order valence-electron chi connectivity index (χ3n) is 3.43. The first kappa shape index (κ1) is 13.9. The van der Waals surface area contributed by atoms with Crippen LogP contribution in [-0.4, -0.2) is 20.5 Å². The summed E-state index contributed by atoms with van der Waals surface area (Å²) in [6.07, 6.45) is 8.53. The molecule has 3 rings (SSSR count). The molecule has 0 fully saturated rings. The van der Waals surface area contributed by atoms with Gasteiger partial charge < -0.3 is 0 Å². The summed E-state index contributed by atoms with van der Waals surface area (Å²) >= 11 is 0. The van der Waals surface area contributed by atoms with E-state index in [0.29, 0.717) is 5.56 Å². The largest absolute Gasteiger partial charge is 0.289 e. The number of ketones is 1. The third kappa shape index (κ3) is 3.01. The topological polar surface area (TPSA) is 47.8 Å². The Hall–Kier alpha value is -3.01. The first-order valence-corrected chi connectivity index (χ1v) is 6.95. The number of nitrogens with zero attached hydrogens (tertiary/aromatic N) is 3. The number of aryl methyl sites for hydroxylation is 1. The van der Waals surface area contributed by atoms with E-state index >= 15 is 0 Å². The van der Waals surface area contributed by atoms with Crippen molar-refractivity contribution in [3.05, 3.63) is 78.4 Å². The van der Waals surface area contributed by atoms with Gasteiger partial charge in [0.25, 0.3) is 0 Å². The second kappa shape index (κ2) is 6.18. The Morgan fingerprint density at radius 2 is 1.86 bits per heavy atom. The maximum absolute atomic E-state index is 12.3. The fourth-order valence-electron chi connectivity index (χ4n) is 2.20. The molecule has 2 aromatic heterocycles. The van der Waals surface area contributed by atoms with Crippen LogP contribution in [0.2, 0.25) is 0 Å². The van der Waals surface area contributed by atoms with E-state index in [9.17, 15) is 4.79 Å². The fourth-order valence-corrected chi connectivity index (χ4v) is 2.20. The van der Waals surface area contributed by atoms with Crippen LogP contribution in [0.3, 0.4) is 0 Å². The van der Waals surface area contributed by atoms with Crippen LogP contribution in [0, 0.1) is 0 Å². The molecule has 0 spiro atoms. The number of hydrogen-bond donors (Lipinski definition) is 0. The molecule has 0 aliphatic heterocycles. The smallest absolute Gasteiger partial charge is 0.185 e. The Labute approximate surface area is 128 Å². The number of benzene rings is 1. The Balaban J connectivity index is 1.85. The van der Waals surface area contributed by atoms with Crippen molar-refractivity contribution in [2.45, 2.75) is 0 Å². The quantitative estimate of drug-likeness (QED) is 0.546. The van der Waals surface area contributed by atoms with Crippen LogP contribution in [0.25, 0.3) is 17.2 Å². The zero-order chi connectivity index (χ0) is 15.4. The second-order valence-electron chi connectivity index (χ2n) is 4.89. The van der Waals surface area contributed by atoms with Crippen molar-refractivity contribution in [1.82, 2.24) is 14.8 Å². The van der Waals surface area contributed by atoms with Gasteiger partial charge in [-0.05, 0) is 47.5 Å². The van der Waals surface area contributed by atoms with Gasteiger partial charge in [-0.25, -0.2) is 0 Å². The van der Waals surface area contributed by atoms with E-state index in [2.05, 4.69) is 10.1 Å². The number of carbonyl (C=O) groups excluding carboxylic acids is 1. The highest BCUT2D eigenvalue weighted by Gasteiger charge is 2.05. The van der Waals surface area contributed by atoms with E-state index in [1.165, 1.54) is 0 Å². The molecule has 0 atom stereocenters. The molecule has 0 amide bonds. The molecule has 0 unspecified atom stereocenters. The molecule has 22 heavy (non-hydrogen) atoms. The summed E-state index contributed by atoms with van der Waals surface area (Å²) in [4.78, 5) is 16.3. The molecule has 4 nitrogen and oxygen atoms in total. The summed E-state index contributed by atoms with van der Waals surface area (Å²) in [7, 11) is 1.84. The molecule has 0 aliphatic carbocycles. The van der Waals surface area contributed by atoms with E-state index in [0.717, 1.165) is 16.8 Å². The molecule has 2 heterocycles. The highest BCUT2D eigenvalue weighted by atomic mass is 16.1. The molecule has 1 aromatic carbocycles. The number of rotatable bonds is 4. The van der Waals surface area contributed by atoms with Crippen molar-refractivity contribution in [2.24, 2.45) is 7.05 Å². The van der Waals surface area contributed by atoms with Crippen molar-refractivity contribution >= 4 is 11.9 Å². The van der Waals surface area contributed by atoms with Crippen molar-refractivity contribution in [3.63, 3.8) is 0 Å². The Morgan fingerprint density at radius 1 is 1.05 bits per heavy atom. The van der Waals surface area contributed by atoms with Gasteiger partial charge in [-0.3, -0.25) is 14.5 Å². The van der Waals surface area contributed by atoms with E-state index in [1.54, 1.807) is 35.4 Å². The van der Waals surface area contributed by atoms with Gasteiger partial charge in [0.1, 0.15) is 0 Å². The Kier molecular flexibility index (Phi) is 3.92. The average molecular weight is 289 g/mol. The Morgan fingerprint density at radius 3 is 2.59 bits per heavy atom. The van der Waals surface area contributed by atoms with Crippen LogP contribution >= 0.6 is 0 Å². The molecular formula is C18H15N3O. The number of allylic oxidation sites excluding steroid dienone is 1. The molecule has 0 aliphatic rings. The van der Waals surface area contributed by atoms with Gasteiger partial charge in [-0.2, -0.15) is 5.10 Å². The zero-order valence-electron chi connectivity index (χ0n) is 12.2. The SMILES string of the molecule is Cn1nccc1C=CC(=O)c1cccc(-c2ccncc2)c1. The predicted octanol–water partition coefficient (Wildman–Crippen LogP) is 3.38. The lowest BCUT2D eigenvalue weighted by molar-refractivity contribution is 0.104. The summed E-state index contributed by atoms with van der Waals surface area (Å²) < 4.78 is 1.72. The lowest BCUT2D eigenvalue weighted by Gasteiger charge is -2.03. The number of carbonyl (C=O) groups is 1.